The first-order valence-electron chi connectivity index (χ1n) is 7.89. The van der Waals surface area contributed by atoms with Crippen molar-refractivity contribution in [3.05, 3.63) is 24.2 Å². The van der Waals surface area contributed by atoms with Gasteiger partial charge in [0.05, 0.1) is 25.0 Å². The van der Waals surface area contributed by atoms with Crippen LogP contribution in [0, 0.1) is 0 Å². The predicted molar refractivity (Wildman–Crippen MR) is 102 cm³/mol. The highest BCUT2D eigenvalue weighted by molar-refractivity contribution is 14.0. The maximum Gasteiger partial charge on any atom is 0.191 e. The summed E-state index contributed by atoms with van der Waals surface area (Å²) in [6, 6.07) is 3.88. The Morgan fingerprint density at radius 2 is 2.22 bits per heavy atom. The van der Waals surface area contributed by atoms with Gasteiger partial charge in [0.25, 0.3) is 0 Å². The molecule has 1 saturated heterocycles. The Morgan fingerprint density at radius 3 is 2.87 bits per heavy atom. The number of furan rings is 1. The fourth-order valence-corrected chi connectivity index (χ4v) is 2.41. The van der Waals surface area contributed by atoms with E-state index in [9.17, 15) is 0 Å². The van der Waals surface area contributed by atoms with Gasteiger partial charge in [-0.05, 0) is 31.9 Å². The highest BCUT2D eigenvalue weighted by Crippen LogP contribution is 2.24. The summed E-state index contributed by atoms with van der Waals surface area (Å²) in [7, 11) is 1.69. The van der Waals surface area contributed by atoms with Crippen LogP contribution in [0.1, 0.15) is 25.5 Å². The molecule has 0 bridgehead atoms. The lowest BCUT2D eigenvalue weighted by Gasteiger charge is -2.21. The molecular formula is C16H28IN3O3. The van der Waals surface area contributed by atoms with E-state index in [0.29, 0.717) is 13.2 Å². The molecule has 0 spiro atoms. The minimum Gasteiger partial charge on any atom is -0.469 e. The van der Waals surface area contributed by atoms with Crippen molar-refractivity contribution in [2.45, 2.75) is 31.8 Å². The van der Waals surface area contributed by atoms with Crippen LogP contribution in [-0.2, 0) is 15.9 Å². The number of guanidine groups is 1. The van der Waals surface area contributed by atoms with Crippen molar-refractivity contribution < 1.29 is 13.9 Å². The van der Waals surface area contributed by atoms with Crippen molar-refractivity contribution >= 4 is 29.9 Å². The molecule has 0 aliphatic carbocycles. The molecule has 1 aromatic heterocycles. The third-order valence-corrected chi connectivity index (χ3v) is 3.71. The lowest BCUT2D eigenvalue weighted by Crippen LogP contribution is -2.41. The Labute approximate surface area is 155 Å². The molecular weight excluding hydrogens is 409 g/mol. The van der Waals surface area contributed by atoms with Gasteiger partial charge in [0.2, 0.25) is 0 Å². The van der Waals surface area contributed by atoms with Crippen LogP contribution in [0.2, 0.25) is 0 Å². The third kappa shape index (κ3) is 7.54. The van der Waals surface area contributed by atoms with Gasteiger partial charge in [-0.3, -0.25) is 4.99 Å². The van der Waals surface area contributed by atoms with Crippen LogP contribution < -0.4 is 10.6 Å². The van der Waals surface area contributed by atoms with E-state index >= 15 is 0 Å². The molecule has 2 N–H and O–H groups in total. The fraction of sp³-hybridized carbons (Fsp3) is 0.688. The molecule has 23 heavy (non-hydrogen) atoms. The summed E-state index contributed by atoms with van der Waals surface area (Å²) in [6.45, 7) is 5.76. The van der Waals surface area contributed by atoms with Crippen LogP contribution in [0.3, 0.4) is 0 Å². The predicted octanol–water partition coefficient (Wildman–Crippen LogP) is 2.19. The molecule has 132 valence electrons. The molecule has 2 heterocycles. The summed E-state index contributed by atoms with van der Waals surface area (Å²) >= 11 is 0. The Morgan fingerprint density at radius 1 is 1.39 bits per heavy atom. The van der Waals surface area contributed by atoms with Crippen molar-refractivity contribution in [2.75, 3.05) is 40.0 Å². The molecule has 0 aromatic carbocycles. The first-order valence-corrected chi connectivity index (χ1v) is 7.89. The highest BCUT2D eigenvalue weighted by Gasteiger charge is 2.29. The normalized spacial score (nSPS) is 21.0. The summed E-state index contributed by atoms with van der Waals surface area (Å²) in [6.07, 6.45) is 4.70. The number of hydrogen-bond acceptors (Lipinski definition) is 4. The van der Waals surface area contributed by atoms with Gasteiger partial charge < -0.3 is 24.5 Å². The van der Waals surface area contributed by atoms with Crippen molar-refractivity contribution in [1.82, 2.24) is 10.6 Å². The van der Waals surface area contributed by atoms with Crippen LogP contribution >= 0.6 is 24.0 Å². The molecule has 0 amide bonds. The van der Waals surface area contributed by atoms with E-state index < -0.39 is 0 Å². The molecule has 0 radical (unpaired) electrons. The molecule has 1 fully saturated rings. The molecule has 7 heteroatoms. The minimum absolute atomic E-state index is 0. The van der Waals surface area contributed by atoms with Crippen LogP contribution in [-0.4, -0.2) is 51.5 Å². The second kappa shape index (κ2) is 10.9. The zero-order valence-corrected chi connectivity index (χ0v) is 16.3. The lowest BCUT2D eigenvalue weighted by atomic mass is 10.0. The second-order valence-electron chi connectivity index (χ2n) is 5.74. The van der Waals surface area contributed by atoms with Crippen LogP contribution in [0.15, 0.2) is 27.8 Å². The van der Waals surface area contributed by atoms with E-state index in [1.54, 1.807) is 13.4 Å². The molecule has 1 aliphatic rings. The zero-order chi connectivity index (χ0) is 15.7. The Balaban J connectivity index is 0.00000264. The third-order valence-electron chi connectivity index (χ3n) is 3.71. The smallest absolute Gasteiger partial charge is 0.191 e. The maximum absolute atomic E-state index is 5.78. The second-order valence-corrected chi connectivity index (χ2v) is 5.74. The first kappa shape index (κ1) is 20.2. The maximum atomic E-state index is 5.78. The van der Waals surface area contributed by atoms with Crippen molar-refractivity contribution in [3.8, 4) is 0 Å². The van der Waals surface area contributed by atoms with Gasteiger partial charge in [0.1, 0.15) is 5.76 Å². The number of rotatable bonds is 8. The summed E-state index contributed by atoms with van der Waals surface area (Å²) in [5.41, 5.74) is -0.128. The zero-order valence-electron chi connectivity index (χ0n) is 14.0. The molecule has 1 unspecified atom stereocenters. The highest BCUT2D eigenvalue weighted by atomic mass is 127. The molecule has 1 atom stereocenters. The Hall–Kier alpha value is -0.800. The number of halogens is 1. The molecule has 1 aromatic rings. The van der Waals surface area contributed by atoms with E-state index in [1.165, 1.54) is 0 Å². The summed E-state index contributed by atoms with van der Waals surface area (Å²) < 4.78 is 16.2. The number of aliphatic imine (C=N–C) groups is 1. The molecule has 2 rings (SSSR count). The monoisotopic (exact) mass is 437 g/mol. The van der Waals surface area contributed by atoms with Crippen LogP contribution in [0.4, 0.5) is 0 Å². The summed E-state index contributed by atoms with van der Waals surface area (Å²) in [5, 5.41) is 6.60. The molecule has 0 saturated carbocycles. The first-order chi connectivity index (χ1) is 10.7. The van der Waals surface area contributed by atoms with E-state index in [2.05, 4.69) is 22.5 Å². The number of ether oxygens (including phenoxy) is 2. The number of nitrogens with one attached hydrogen (secondary N) is 2. The topological polar surface area (TPSA) is 68.0 Å². The number of hydrogen-bond donors (Lipinski definition) is 2. The van der Waals surface area contributed by atoms with Gasteiger partial charge in [-0.15, -0.1) is 24.0 Å². The molecule has 6 nitrogen and oxygen atoms in total. The van der Waals surface area contributed by atoms with Gasteiger partial charge in [0, 0.05) is 33.2 Å². The van der Waals surface area contributed by atoms with Crippen molar-refractivity contribution in [2.24, 2.45) is 4.99 Å². The quantitative estimate of drug-likeness (QED) is 0.283. The fourth-order valence-electron chi connectivity index (χ4n) is 2.41. The van der Waals surface area contributed by atoms with Gasteiger partial charge in [-0.2, -0.15) is 0 Å². The van der Waals surface area contributed by atoms with Gasteiger partial charge in [-0.1, -0.05) is 0 Å². The molecule has 1 aliphatic heterocycles. The van der Waals surface area contributed by atoms with E-state index in [0.717, 1.165) is 50.7 Å². The average molecular weight is 437 g/mol. The van der Waals surface area contributed by atoms with E-state index in [1.807, 2.05) is 12.1 Å². The minimum atomic E-state index is -0.128. The number of methoxy groups -OCH3 is 1. The Kier molecular flexibility index (Phi) is 9.57. The average Bonchev–Trinajstić information content (AvgIpc) is 3.17. The largest absolute Gasteiger partial charge is 0.469 e. The van der Waals surface area contributed by atoms with Crippen molar-refractivity contribution in [1.29, 1.82) is 0 Å². The lowest BCUT2D eigenvalue weighted by molar-refractivity contribution is 0.0283. The Bertz CT molecular complexity index is 445. The summed E-state index contributed by atoms with van der Waals surface area (Å²) in [4.78, 5) is 4.65. The van der Waals surface area contributed by atoms with E-state index in [4.69, 9.17) is 13.9 Å². The van der Waals surface area contributed by atoms with E-state index in [-0.39, 0.29) is 29.6 Å². The standard InChI is InChI=1S/C16H27N3O3.HI/c1-16(7-4-11-22-16)13-19-15(18-9-12-20-2)17-8-6-14-5-3-10-21-14;/h3,5,10H,4,6-9,11-13H2,1-2H3,(H2,17,18,19);1H. The van der Waals surface area contributed by atoms with Crippen LogP contribution in [0.25, 0.3) is 0 Å². The van der Waals surface area contributed by atoms with Gasteiger partial charge in [-0.25, -0.2) is 0 Å². The number of nitrogens with zero attached hydrogens (tertiary/aromatic N) is 1. The van der Waals surface area contributed by atoms with Gasteiger partial charge >= 0.3 is 0 Å². The van der Waals surface area contributed by atoms with Gasteiger partial charge in [0.15, 0.2) is 5.96 Å². The van der Waals surface area contributed by atoms with Crippen LogP contribution in [0.5, 0.6) is 0 Å². The SMILES string of the molecule is COCCNC(=NCC1(C)CCCO1)NCCc1ccco1.I. The van der Waals surface area contributed by atoms with Crippen molar-refractivity contribution in [3.63, 3.8) is 0 Å². The summed E-state index contributed by atoms with van der Waals surface area (Å²) in [5.74, 6) is 1.76.